The minimum atomic E-state index is 0.332. The zero-order valence-electron chi connectivity index (χ0n) is 8.42. The molecule has 0 aliphatic heterocycles. The molecule has 0 spiro atoms. The minimum Gasteiger partial charge on any atom is -0.360 e. The van der Waals surface area contributed by atoms with Gasteiger partial charge in [-0.25, -0.2) is 0 Å². The summed E-state index contributed by atoms with van der Waals surface area (Å²) < 4.78 is 1.41. The summed E-state index contributed by atoms with van der Waals surface area (Å²) in [6, 6.07) is 11.7. The van der Waals surface area contributed by atoms with E-state index in [4.69, 9.17) is 10.6 Å². The van der Waals surface area contributed by atoms with Gasteiger partial charge in [-0.2, -0.15) is 0 Å². The van der Waals surface area contributed by atoms with Crippen LogP contribution < -0.4 is 15.3 Å². The second-order valence-corrected chi connectivity index (χ2v) is 3.05. The first kappa shape index (κ1) is 9.45. The highest BCUT2D eigenvalue weighted by Gasteiger charge is 2.10. The molecule has 0 unspecified atom stereocenters. The molecule has 0 aliphatic rings. The SMILES string of the molecule is CO[n+]1ccc(-c2ccccc2)nc1N. The zero-order chi connectivity index (χ0) is 10.7. The fourth-order valence-corrected chi connectivity index (χ4v) is 1.35. The number of hydrogen-bond acceptors (Lipinski definition) is 3. The van der Waals surface area contributed by atoms with Crippen LogP contribution in [0.25, 0.3) is 11.3 Å². The number of aromatic nitrogens is 2. The molecular weight excluding hydrogens is 190 g/mol. The molecule has 2 N–H and O–H groups in total. The fourth-order valence-electron chi connectivity index (χ4n) is 1.35. The lowest BCUT2D eigenvalue weighted by Gasteiger charge is -2.00. The van der Waals surface area contributed by atoms with E-state index in [0.29, 0.717) is 5.95 Å². The monoisotopic (exact) mass is 202 g/mol. The molecule has 0 aliphatic carbocycles. The van der Waals surface area contributed by atoms with Crippen molar-refractivity contribution in [3.05, 3.63) is 42.6 Å². The van der Waals surface area contributed by atoms with Crippen LogP contribution in [0.5, 0.6) is 0 Å². The van der Waals surface area contributed by atoms with E-state index in [0.717, 1.165) is 11.3 Å². The summed E-state index contributed by atoms with van der Waals surface area (Å²) in [6.07, 6.45) is 1.74. The molecule has 15 heavy (non-hydrogen) atoms. The summed E-state index contributed by atoms with van der Waals surface area (Å²) in [5, 5.41) is 0. The van der Waals surface area contributed by atoms with E-state index < -0.39 is 0 Å². The van der Waals surface area contributed by atoms with Gasteiger partial charge >= 0.3 is 5.95 Å². The van der Waals surface area contributed by atoms with E-state index in [2.05, 4.69) is 4.98 Å². The summed E-state index contributed by atoms with van der Waals surface area (Å²) in [6.45, 7) is 0. The topological polar surface area (TPSA) is 52.0 Å². The van der Waals surface area contributed by atoms with Crippen LogP contribution in [0.4, 0.5) is 5.95 Å². The molecule has 2 rings (SSSR count). The van der Waals surface area contributed by atoms with Crippen molar-refractivity contribution < 1.29 is 9.57 Å². The molecule has 0 bridgehead atoms. The zero-order valence-corrected chi connectivity index (χ0v) is 8.42. The Kier molecular flexibility index (Phi) is 2.49. The van der Waals surface area contributed by atoms with Crippen molar-refractivity contribution in [2.24, 2.45) is 0 Å². The third-order valence-electron chi connectivity index (χ3n) is 2.09. The molecule has 1 heterocycles. The van der Waals surface area contributed by atoms with E-state index in [9.17, 15) is 0 Å². The normalized spacial score (nSPS) is 9.93. The Hall–Kier alpha value is -2.10. The highest BCUT2D eigenvalue weighted by molar-refractivity contribution is 5.58. The lowest BCUT2D eigenvalue weighted by Crippen LogP contribution is -2.43. The van der Waals surface area contributed by atoms with Gasteiger partial charge in [0.2, 0.25) is 0 Å². The maximum atomic E-state index is 5.70. The molecule has 0 saturated carbocycles. The van der Waals surface area contributed by atoms with Crippen molar-refractivity contribution in [1.82, 2.24) is 4.98 Å². The van der Waals surface area contributed by atoms with Crippen LogP contribution in [0, 0.1) is 0 Å². The Morgan fingerprint density at radius 1 is 1.20 bits per heavy atom. The lowest BCUT2D eigenvalue weighted by molar-refractivity contribution is -0.875. The Morgan fingerprint density at radius 2 is 1.93 bits per heavy atom. The quantitative estimate of drug-likeness (QED) is 0.728. The van der Waals surface area contributed by atoms with Crippen LogP contribution in [0.1, 0.15) is 0 Å². The largest absolute Gasteiger partial charge is 0.426 e. The van der Waals surface area contributed by atoms with Crippen LogP contribution in [-0.4, -0.2) is 12.1 Å². The first-order valence-corrected chi connectivity index (χ1v) is 4.59. The van der Waals surface area contributed by atoms with Gasteiger partial charge in [0.05, 0.1) is 0 Å². The van der Waals surface area contributed by atoms with Crippen molar-refractivity contribution in [1.29, 1.82) is 0 Å². The van der Waals surface area contributed by atoms with Gasteiger partial charge in [-0.05, 0) is 0 Å². The van der Waals surface area contributed by atoms with Crippen molar-refractivity contribution in [3.63, 3.8) is 0 Å². The Morgan fingerprint density at radius 3 is 2.53 bits per heavy atom. The third-order valence-corrected chi connectivity index (χ3v) is 2.09. The number of anilines is 1. The molecule has 76 valence electrons. The summed E-state index contributed by atoms with van der Waals surface area (Å²) in [7, 11) is 1.54. The summed E-state index contributed by atoms with van der Waals surface area (Å²) in [5.74, 6) is 0.332. The van der Waals surface area contributed by atoms with Gasteiger partial charge in [0.15, 0.2) is 5.69 Å². The number of nitrogens with zero attached hydrogens (tertiary/aromatic N) is 2. The molecule has 0 saturated heterocycles. The van der Waals surface area contributed by atoms with Crippen LogP contribution in [0.2, 0.25) is 0 Å². The number of nitrogens with two attached hydrogens (primary N) is 1. The number of nitrogen functional groups attached to an aromatic ring is 1. The molecule has 1 aromatic heterocycles. The molecule has 0 amide bonds. The van der Waals surface area contributed by atoms with E-state index in [1.165, 1.54) is 4.73 Å². The number of hydrogen-bond donors (Lipinski definition) is 1. The molecule has 1 aromatic carbocycles. The van der Waals surface area contributed by atoms with Crippen molar-refractivity contribution in [2.45, 2.75) is 0 Å². The van der Waals surface area contributed by atoms with Gasteiger partial charge < -0.3 is 4.84 Å². The van der Waals surface area contributed by atoms with Crippen molar-refractivity contribution >= 4 is 5.95 Å². The first-order valence-electron chi connectivity index (χ1n) is 4.59. The van der Waals surface area contributed by atoms with Gasteiger partial charge in [0, 0.05) is 11.6 Å². The van der Waals surface area contributed by atoms with E-state index >= 15 is 0 Å². The average molecular weight is 202 g/mol. The van der Waals surface area contributed by atoms with Gasteiger partial charge in [-0.3, -0.25) is 5.73 Å². The molecular formula is C11H12N3O+. The summed E-state index contributed by atoms with van der Waals surface area (Å²) in [4.78, 5) is 9.19. The maximum Gasteiger partial charge on any atom is 0.426 e. The van der Waals surface area contributed by atoms with Gasteiger partial charge in [-0.15, -0.1) is 0 Å². The van der Waals surface area contributed by atoms with Crippen LogP contribution in [0.3, 0.4) is 0 Å². The standard InChI is InChI=1S/C11H11N3O/c1-15-14-8-7-10(13-11(14)12)9-5-3-2-4-6-9/h2-8,12H,1H3/p+1. The van der Waals surface area contributed by atoms with E-state index in [1.54, 1.807) is 13.3 Å². The second kappa shape index (κ2) is 3.96. The van der Waals surface area contributed by atoms with Crippen molar-refractivity contribution in [2.75, 3.05) is 12.8 Å². The summed E-state index contributed by atoms with van der Waals surface area (Å²) in [5.41, 5.74) is 7.57. The number of rotatable bonds is 2. The Bertz CT molecular complexity index is 457. The first-order chi connectivity index (χ1) is 7.31. The summed E-state index contributed by atoms with van der Waals surface area (Å²) >= 11 is 0. The fraction of sp³-hybridized carbons (Fsp3) is 0.0909. The van der Waals surface area contributed by atoms with Gasteiger partial charge in [0.1, 0.15) is 13.3 Å². The molecule has 4 heteroatoms. The molecule has 0 radical (unpaired) electrons. The minimum absolute atomic E-state index is 0.332. The van der Waals surface area contributed by atoms with Crippen LogP contribution in [0.15, 0.2) is 42.6 Å². The maximum absolute atomic E-state index is 5.70. The number of benzene rings is 1. The average Bonchev–Trinajstić information content (AvgIpc) is 2.30. The van der Waals surface area contributed by atoms with Crippen molar-refractivity contribution in [3.8, 4) is 11.3 Å². The molecule has 4 nitrogen and oxygen atoms in total. The van der Waals surface area contributed by atoms with E-state index in [-0.39, 0.29) is 0 Å². The molecule has 0 fully saturated rings. The Labute approximate surface area is 87.9 Å². The highest BCUT2D eigenvalue weighted by Crippen LogP contribution is 2.14. The molecule has 0 atom stereocenters. The van der Waals surface area contributed by atoms with Gasteiger partial charge in [0.25, 0.3) is 0 Å². The van der Waals surface area contributed by atoms with Crippen LogP contribution >= 0.6 is 0 Å². The lowest BCUT2D eigenvalue weighted by atomic mass is 10.1. The third kappa shape index (κ3) is 1.88. The highest BCUT2D eigenvalue weighted by atomic mass is 16.6. The van der Waals surface area contributed by atoms with E-state index in [1.807, 2.05) is 36.4 Å². The Balaban J connectivity index is 2.43. The second-order valence-electron chi connectivity index (χ2n) is 3.05. The molecule has 2 aromatic rings. The predicted molar refractivity (Wildman–Crippen MR) is 56.8 cm³/mol. The smallest absolute Gasteiger partial charge is 0.360 e. The van der Waals surface area contributed by atoms with Gasteiger partial charge in [-0.1, -0.05) is 40.0 Å². The van der Waals surface area contributed by atoms with Crippen LogP contribution in [-0.2, 0) is 0 Å². The predicted octanol–water partition coefficient (Wildman–Crippen LogP) is 0.677.